The summed E-state index contributed by atoms with van der Waals surface area (Å²) in [5.41, 5.74) is -0.808. The molecule has 0 saturated heterocycles. The molecule has 0 aromatic heterocycles. The standard InChI is InChI=1S/2C12H14O7S.Mg/c2*1-3-18-11(13)8-5-9(12(14)19-4-2)7-10(6-8)20(15,16)17;/h2*5-7H,3-4H2,1-2H3,(H,15,16,17);/q;;+2/p-2. The molecule has 14 nitrogen and oxygen atoms in total. The summed E-state index contributed by atoms with van der Waals surface area (Å²) in [6.45, 7) is 6.56. The SMILES string of the molecule is CCOC(=O)c1cc(C(=O)OCC)cc(S(=O)(=O)[O-])c1.CCOC(=O)c1cc(C(=O)OCC)cc(S(=O)(=O)[O-])c1.[Mg+2]. The van der Waals surface area contributed by atoms with E-state index in [9.17, 15) is 45.1 Å². The Morgan fingerprint density at radius 3 is 0.854 bits per heavy atom. The first kappa shape index (κ1) is 37.9. The molecule has 0 aliphatic heterocycles. The van der Waals surface area contributed by atoms with Crippen molar-refractivity contribution in [1.82, 2.24) is 0 Å². The van der Waals surface area contributed by atoms with Crippen molar-refractivity contribution in [3.63, 3.8) is 0 Å². The predicted octanol–water partition coefficient (Wildman–Crippen LogP) is 1.51. The van der Waals surface area contributed by atoms with Crippen LogP contribution in [0.2, 0.25) is 0 Å². The Balaban J connectivity index is 0.000000762. The molecule has 0 N–H and O–H groups in total. The summed E-state index contributed by atoms with van der Waals surface area (Å²) in [6, 6.07) is 5.69. The molecule has 220 valence electrons. The maximum Gasteiger partial charge on any atom is 2.00 e. The zero-order chi connectivity index (χ0) is 30.7. The molecule has 0 aliphatic carbocycles. The Bertz CT molecular complexity index is 1280. The van der Waals surface area contributed by atoms with Gasteiger partial charge in [0.25, 0.3) is 0 Å². The van der Waals surface area contributed by atoms with Crippen molar-refractivity contribution in [2.75, 3.05) is 26.4 Å². The topological polar surface area (TPSA) is 220 Å². The first-order valence-electron chi connectivity index (χ1n) is 11.5. The van der Waals surface area contributed by atoms with E-state index in [1.807, 2.05) is 0 Å². The number of hydrogen-bond acceptors (Lipinski definition) is 14. The van der Waals surface area contributed by atoms with Crippen LogP contribution in [0, 0.1) is 0 Å². The molecule has 0 radical (unpaired) electrons. The van der Waals surface area contributed by atoms with E-state index in [4.69, 9.17) is 18.9 Å². The molecule has 17 heteroatoms. The van der Waals surface area contributed by atoms with E-state index in [1.165, 1.54) is 0 Å². The van der Waals surface area contributed by atoms with Crippen LogP contribution < -0.4 is 0 Å². The number of carbonyl (C=O) groups excluding carboxylic acids is 4. The summed E-state index contributed by atoms with van der Waals surface area (Å²) in [7, 11) is -9.62. The van der Waals surface area contributed by atoms with Crippen LogP contribution in [0.15, 0.2) is 46.2 Å². The average molecular weight is 627 g/mol. The second kappa shape index (κ2) is 17.0. The normalized spacial score (nSPS) is 10.7. The molecule has 0 saturated carbocycles. The van der Waals surface area contributed by atoms with Crippen molar-refractivity contribution in [2.24, 2.45) is 0 Å². The number of ether oxygens (including phenoxy) is 4. The molecule has 0 heterocycles. The molecule has 2 aromatic rings. The molecular formula is C24H26MgO14S2. The number of hydrogen-bond donors (Lipinski definition) is 0. The predicted molar refractivity (Wildman–Crippen MR) is 138 cm³/mol. The minimum Gasteiger partial charge on any atom is -0.744 e. The van der Waals surface area contributed by atoms with Crippen molar-refractivity contribution in [2.45, 2.75) is 37.5 Å². The van der Waals surface area contributed by atoms with Gasteiger partial charge in [-0.2, -0.15) is 0 Å². The molecule has 2 aromatic carbocycles. The van der Waals surface area contributed by atoms with Gasteiger partial charge >= 0.3 is 46.9 Å². The number of rotatable bonds is 10. The van der Waals surface area contributed by atoms with E-state index in [0.717, 1.165) is 36.4 Å². The molecule has 0 spiro atoms. The molecular weight excluding hydrogens is 601 g/mol. The van der Waals surface area contributed by atoms with E-state index in [1.54, 1.807) is 27.7 Å². The zero-order valence-corrected chi connectivity index (χ0v) is 25.6. The number of esters is 4. The Labute approximate surface area is 253 Å². The second-order valence-electron chi connectivity index (χ2n) is 7.28. The summed E-state index contributed by atoms with van der Waals surface area (Å²) >= 11 is 0. The van der Waals surface area contributed by atoms with Gasteiger partial charge in [-0.05, 0) is 64.1 Å². The average Bonchev–Trinajstić information content (AvgIpc) is 2.88. The molecule has 0 unspecified atom stereocenters. The first-order chi connectivity index (χ1) is 18.6. The van der Waals surface area contributed by atoms with Gasteiger partial charge in [-0.1, -0.05) is 0 Å². The summed E-state index contributed by atoms with van der Waals surface area (Å²) in [5.74, 6) is -3.32. The van der Waals surface area contributed by atoms with Crippen LogP contribution in [0.4, 0.5) is 0 Å². The summed E-state index contributed by atoms with van der Waals surface area (Å²) in [5, 5.41) is 0. The van der Waals surface area contributed by atoms with Gasteiger partial charge in [0.05, 0.1) is 58.5 Å². The van der Waals surface area contributed by atoms with Gasteiger partial charge in [-0.25, -0.2) is 36.0 Å². The number of carbonyl (C=O) groups is 4. The van der Waals surface area contributed by atoms with Gasteiger partial charge in [0.1, 0.15) is 20.2 Å². The van der Waals surface area contributed by atoms with Crippen LogP contribution in [-0.4, -0.2) is 99.3 Å². The Hall–Kier alpha value is -3.09. The van der Waals surface area contributed by atoms with Gasteiger partial charge in [0.15, 0.2) is 0 Å². The van der Waals surface area contributed by atoms with Crippen LogP contribution in [0.5, 0.6) is 0 Å². The van der Waals surface area contributed by atoms with Crippen molar-refractivity contribution in [1.29, 1.82) is 0 Å². The summed E-state index contributed by atoms with van der Waals surface area (Å²) in [4.78, 5) is 45.0. The van der Waals surface area contributed by atoms with Gasteiger partial charge in [0.2, 0.25) is 0 Å². The molecule has 0 amide bonds. The molecule has 0 atom stereocenters. The first-order valence-corrected chi connectivity index (χ1v) is 14.3. The molecule has 0 fully saturated rings. The van der Waals surface area contributed by atoms with Crippen LogP contribution in [-0.2, 0) is 39.2 Å². The maximum absolute atomic E-state index is 11.6. The fourth-order valence-electron chi connectivity index (χ4n) is 2.82. The molecule has 41 heavy (non-hydrogen) atoms. The van der Waals surface area contributed by atoms with Crippen molar-refractivity contribution in [3.05, 3.63) is 58.7 Å². The van der Waals surface area contributed by atoms with Gasteiger partial charge in [-0.15, -0.1) is 0 Å². The quantitative estimate of drug-likeness (QED) is 0.158. The van der Waals surface area contributed by atoms with Gasteiger partial charge in [0, 0.05) is 0 Å². The van der Waals surface area contributed by atoms with E-state index < -0.39 is 53.9 Å². The van der Waals surface area contributed by atoms with Crippen LogP contribution in [0.25, 0.3) is 0 Å². The maximum atomic E-state index is 11.6. The third kappa shape index (κ3) is 12.1. The fourth-order valence-corrected chi connectivity index (χ4v) is 3.90. The Morgan fingerprint density at radius 1 is 0.512 bits per heavy atom. The van der Waals surface area contributed by atoms with Crippen LogP contribution >= 0.6 is 0 Å². The number of benzene rings is 2. The smallest absolute Gasteiger partial charge is 0.744 e. The Morgan fingerprint density at radius 2 is 0.707 bits per heavy atom. The second-order valence-corrected chi connectivity index (χ2v) is 10.0. The van der Waals surface area contributed by atoms with Gasteiger partial charge in [-0.3, -0.25) is 0 Å². The fraction of sp³-hybridized carbons (Fsp3) is 0.333. The third-order valence-electron chi connectivity index (χ3n) is 4.43. The minimum absolute atomic E-state index is 0. The van der Waals surface area contributed by atoms with Crippen molar-refractivity contribution >= 4 is 67.2 Å². The largest absolute Gasteiger partial charge is 2.00 e. The third-order valence-corrected chi connectivity index (χ3v) is 6.06. The zero-order valence-electron chi connectivity index (χ0n) is 22.5. The minimum atomic E-state index is -4.81. The monoisotopic (exact) mass is 626 g/mol. The summed E-state index contributed by atoms with van der Waals surface area (Å²) in [6.07, 6.45) is 0. The van der Waals surface area contributed by atoms with Crippen LogP contribution in [0.1, 0.15) is 69.1 Å². The molecule has 0 bridgehead atoms. The van der Waals surface area contributed by atoms with E-state index >= 15 is 0 Å². The van der Waals surface area contributed by atoms with Gasteiger partial charge < -0.3 is 28.1 Å². The summed E-state index contributed by atoms with van der Waals surface area (Å²) < 4.78 is 85.0. The Kier molecular flexibility index (Phi) is 15.7. The van der Waals surface area contributed by atoms with E-state index in [2.05, 4.69) is 0 Å². The van der Waals surface area contributed by atoms with Crippen LogP contribution in [0.3, 0.4) is 0 Å². The van der Waals surface area contributed by atoms with Crippen molar-refractivity contribution < 1.29 is 64.1 Å². The van der Waals surface area contributed by atoms with E-state index in [0.29, 0.717) is 0 Å². The molecule has 0 aliphatic rings. The van der Waals surface area contributed by atoms with Crippen molar-refractivity contribution in [3.8, 4) is 0 Å². The molecule has 2 rings (SSSR count). The van der Waals surface area contributed by atoms with E-state index in [-0.39, 0.29) is 71.7 Å².